The molecule has 0 unspecified atom stereocenters. The Balaban J connectivity index is 1.21. The topological polar surface area (TPSA) is 65.8 Å². The molecule has 1 aliphatic rings. The first-order valence-electron chi connectivity index (χ1n) is 12.3. The fraction of sp³-hybridized carbons (Fsp3) is 0.133. The molecule has 2 heterocycles. The van der Waals surface area contributed by atoms with Crippen LogP contribution in [0, 0.1) is 0 Å². The molecule has 0 saturated carbocycles. The number of nitrogens with one attached hydrogen (secondary N) is 1. The molecule has 0 spiro atoms. The number of carbonyl (C=O) groups is 2. The summed E-state index contributed by atoms with van der Waals surface area (Å²) in [5.74, 6) is 0.788. The van der Waals surface area contributed by atoms with Crippen molar-refractivity contribution in [2.45, 2.75) is 0 Å². The van der Waals surface area contributed by atoms with Gasteiger partial charge in [-0.2, -0.15) is 0 Å². The predicted molar refractivity (Wildman–Crippen MR) is 158 cm³/mol. The predicted octanol–water partition coefficient (Wildman–Crippen LogP) is 7.52. The van der Waals surface area contributed by atoms with Gasteiger partial charge in [-0.25, -0.2) is 0 Å². The number of hydrogen-bond donors (Lipinski definition) is 1. The molecular formula is C30H24Cl3N3O3. The van der Waals surface area contributed by atoms with E-state index in [0.717, 1.165) is 5.69 Å². The van der Waals surface area contributed by atoms with Crippen LogP contribution in [0.2, 0.25) is 15.1 Å². The average Bonchev–Trinajstić information content (AvgIpc) is 3.41. The van der Waals surface area contributed by atoms with Crippen LogP contribution in [0.3, 0.4) is 0 Å². The van der Waals surface area contributed by atoms with Gasteiger partial charge in [0.15, 0.2) is 0 Å². The molecule has 198 valence electrons. The van der Waals surface area contributed by atoms with Crippen LogP contribution in [0.4, 0.5) is 11.4 Å². The summed E-state index contributed by atoms with van der Waals surface area (Å²) in [4.78, 5) is 29.6. The van der Waals surface area contributed by atoms with E-state index in [1.807, 2.05) is 29.2 Å². The average molecular weight is 581 g/mol. The minimum absolute atomic E-state index is 0.0162. The normalized spacial score (nSPS) is 13.6. The van der Waals surface area contributed by atoms with Crippen LogP contribution in [-0.4, -0.2) is 42.9 Å². The minimum atomic E-state index is -0.290. The van der Waals surface area contributed by atoms with Crippen molar-refractivity contribution in [3.63, 3.8) is 0 Å². The molecule has 3 aromatic carbocycles. The van der Waals surface area contributed by atoms with Crippen molar-refractivity contribution >= 4 is 64.1 Å². The zero-order valence-electron chi connectivity index (χ0n) is 20.7. The van der Waals surface area contributed by atoms with E-state index in [-0.39, 0.29) is 11.8 Å². The maximum atomic E-state index is 12.8. The van der Waals surface area contributed by atoms with Gasteiger partial charge in [-0.15, -0.1) is 0 Å². The Morgan fingerprint density at radius 2 is 1.54 bits per heavy atom. The van der Waals surface area contributed by atoms with E-state index in [0.29, 0.717) is 69.6 Å². The quantitative estimate of drug-likeness (QED) is 0.240. The second kappa shape index (κ2) is 12.0. The van der Waals surface area contributed by atoms with Crippen LogP contribution in [0.15, 0.2) is 89.4 Å². The van der Waals surface area contributed by atoms with Crippen LogP contribution >= 0.6 is 34.8 Å². The maximum Gasteiger partial charge on any atom is 0.253 e. The number of para-hydroxylation sites is 2. The van der Waals surface area contributed by atoms with Gasteiger partial charge in [-0.3, -0.25) is 9.59 Å². The van der Waals surface area contributed by atoms with Gasteiger partial charge < -0.3 is 19.5 Å². The molecule has 39 heavy (non-hydrogen) atoms. The second-order valence-corrected chi connectivity index (χ2v) is 10.2. The highest BCUT2D eigenvalue weighted by molar-refractivity contribution is 6.36. The molecule has 9 heteroatoms. The Morgan fingerprint density at radius 1 is 0.821 bits per heavy atom. The van der Waals surface area contributed by atoms with Gasteiger partial charge >= 0.3 is 0 Å². The van der Waals surface area contributed by atoms with Crippen molar-refractivity contribution in [3.8, 4) is 11.3 Å². The Kier molecular flexibility index (Phi) is 8.27. The van der Waals surface area contributed by atoms with Gasteiger partial charge in [0, 0.05) is 53.4 Å². The van der Waals surface area contributed by atoms with Crippen molar-refractivity contribution in [1.82, 2.24) is 4.90 Å². The van der Waals surface area contributed by atoms with Crippen LogP contribution in [0.1, 0.15) is 16.1 Å². The summed E-state index contributed by atoms with van der Waals surface area (Å²) in [6.07, 6.45) is 3.03. The third kappa shape index (κ3) is 6.48. The van der Waals surface area contributed by atoms with E-state index in [2.05, 4.69) is 10.2 Å². The highest BCUT2D eigenvalue weighted by Crippen LogP contribution is 2.32. The van der Waals surface area contributed by atoms with Crippen molar-refractivity contribution < 1.29 is 14.0 Å². The Morgan fingerprint density at radius 3 is 2.28 bits per heavy atom. The lowest BCUT2D eigenvalue weighted by molar-refractivity contribution is -0.111. The van der Waals surface area contributed by atoms with E-state index in [1.165, 1.54) is 6.08 Å². The van der Waals surface area contributed by atoms with E-state index < -0.39 is 0 Å². The lowest BCUT2D eigenvalue weighted by atomic mass is 10.1. The summed E-state index contributed by atoms with van der Waals surface area (Å²) in [5.41, 5.74) is 2.93. The zero-order valence-corrected chi connectivity index (χ0v) is 23.0. The number of furan rings is 1. The molecule has 1 fully saturated rings. The number of hydrogen-bond acceptors (Lipinski definition) is 4. The summed E-state index contributed by atoms with van der Waals surface area (Å²) in [6, 6.07) is 23.3. The first-order valence-corrected chi connectivity index (χ1v) is 13.4. The number of halogens is 3. The van der Waals surface area contributed by atoms with Crippen LogP contribution in [-0.2, 0) is 4.79 Å². The summed E-state index contributed by atoms with van der Waals surface area (Å²) in [5, 5.41) is 4.58. The van der Waals surface area contributed by atoms with E-state index in [1.54, 1.807) is 60.7 Å². The van der Waals surface area contributed by atoms with Crippen molar-refractivity contribution in [1.29, 1.82) is 0 Å². The van der Waals surface area contributed by atoms with E-state index in [9.17, 15) is 9.59 Å². The monoisotopic (exact) mass is 579 g/mol. The van der Waals surface area contributed by atoms with Gasteiger partial charge in [0.2, 0.25) is 5.91 Å². The number of benzene rings is 3. The minimum Gasteiger partial charge on any atom is -0.457 e. The molecule has 1 saturated heterocycles. The molecular weight excluding hydrogens is 557 g/mol. The van der Waals surface area contributed by atoms with Crippen molar-refractivity contribution in [2.75, 3.05) is 36.4 Å². The molecule has 1 aliphatic heterocycles. The number of amides is 2. The maximum absolute atomic E-state index is 12.8. The van der Waals surface area contributed by atoms with Gasteiger partial charge in [0.25, 0.3) is 5.91 Å². The van der Waals surface area contributed by atoms with Crippen molar-refractivity contribution in [3.05, 3.63) is 111 Å². The lowest BCUT2D eigenvalue weighted by Gasteiger charge is -2.37. The molecule has 5 rings (SSSR count). The highest BCUT2D eigenvalue weighted by Gasteiger charge is 2.23. The molecule has 0 atom stereocenters. The second-order valence-electron chi connectivity index (χ2n) is 8.95. The Hall–Kier alpha value is -3.71. The largest absolute Gasteiger partial charge is 0.457 e. The van der Waals surface area contributed by atoms with E-state index >= 15 is 0 Å². The molecule has 2 amide bonds. The first-order chi connectivity index (χ1) is 18.9. The SMILES string of the molecule is O=C(/C=C/c1ccc(-c2ccc(Cl)cc2Cl)o1)Nc1ccccc1N1CCN(C(=O)c2ccc(Cl)cc2)CC1. The lowest BCUT2D eigenvalue weighted by Crippen LogP contribution is -2.49. The van der Waals surface area contributed by atoms with Crippen LogP contribution in [0.5, 0.6) is 0 Å². The van der Waals surface area contributed by atoms with Gasteiger partial charge in [0.1, 0.15) is 11.5 Å². The van der Waals surface area contributed by atoms with Crippen LogP contribution < -0.4 is 10.2 Å². The molecule has 1 N–H and O–H groups in total. The van der Waals surface area contributed by atoms with Crippen LogP contribution in [0.25, 0.3) is 17.4 Å². The van der Waals surface area contributed by atoms with E-state index in [4.69, 9.17) is 39.2 Å². The molecule has 0 aliphatic carbocycles. The Bertz CT molecular complexity index is 1520. The smallest absolute Gasteiger partial charge is 0.253 e. The highest BCUT2D eigenvalue weighted by atomic mass is 35.5. The summed E-state index contributed by atoms with van der Waals surface area (Å²) in [7, 11) is 0. The van der Waals surface area contributed by atoms with Gasteiger partial charge in [-0.1, -0.05) is 46.9 Å². The number of piperazine rings is 1. The summed E-state index contributed by atoms with van der Waals surface area (Å²) >= 11 is 18.2. The molecule has 0 bridgehead atoms. The molecule has 6 nitrogen and oxygen atoms in total. The summed E-state index contributed by atoms with van der Waals surface area (Å²) < 4.78 is 5.84. The standard InChI is InChI=1S/C30H24Cl3N3O3/c31-21-7-5-20(6-8-21)30(38)36-17-15-35(16-18-36)27-4-2-1-3-26(27)34-29(37)14-11-23-10-13-28(39-23)24-12-9-22(32)19-25(24)33/h1-14,19H,15-18H2,(H,34,37)/b14-11+. The van der Waals surface area contributed by atoms with Crippen molar-refractivity contribution in [2.24, 2.45) is 0 Å². The fourth-order valence-electron chi connectivity index (χ4n) is 4.39. The third-order valence-electron chi connectivity index (χ3n) is 6.38. The molecule has 1 aromatic heterocycles. The van der Waals surface area contributed by atoms with Gasteiger partial charge in [-0.05, 0) is 72.8 Å². The molecule has 4 aromatic rings. The molecule has 0 radical (unpaired) electrons. The zero-order chi connectivity index (χ0) is 27.4. The first kappa shape index (κ1) is 26.9. The summed E-state index contributed by atoms with van der Waals surface area (Å²) in [6.45, 7) is 2.43. The van der Waals surface area contributed by atoms with Gasteiger partial charge in [0.05, 0.1) is 16.4 Å². The number of rotatable bonds is 6. The third-order valence-corrected chi connectivity index (χ3v) is 7.18. The number of anilines is 2. The fourth-order valence-corrected chi connectivity index (χ4v) is 5.02. The Labute approximate surface area is 241 Å². The number of nitrogens with zero attached hydrogens (tertiary/aromatic N) is 2. The number of carbonyl (C=O) groups excluding carboxylic acids is 2.